The SMILES string of the molecule is Cc1c(N2CCC(C)(O)C2)c(F)cc2c(CN)cc(=O)n(C3CC3)c12. The molecule has 0 bridgehead atoms. The first-order valence-electron chi connectivity index (χ1n) is 8.87. The van der Waals surface area contributed by atoms with Gasteiger partial charge in [-0.3, -0.25) is 4.79 Å². The Morgan fingerprint density at radius 1 is 1.40 bits per heavy atom. The summed E-state index contributed by atoms with van der Waals surface area (Å²) in [5.74, 6) is -0.321. The summed E-state index contributed by atoms with van der Waals surface area (Å²) in [6.07, 6.45) is 2.55. The summed E-state index contributed by atoms with van der Waals surface area (Å²) in [5.41, 5.74) is 7.65. The molecule has 4 rings (SSSR count). The van der Waals surface area contributed by atoms with Gasteiger partial charge in [0.15, 0.2) is 0 Å². The second-order valence-corrected chi connectivity index (χ2v) is 7.71. The number of halogens is 1. The Bertz CT molecular complexity index is 915. The highest BCUT2D eigenvalue weighted by Crippen LogP contribution is 2.40. The monoisotopic (exact) mass is 345 g/mol. The number of hydrogen-bond acceptors (Lipinski definition) is 4. The van der Waals surface area contributed by atoms with Gasteiger partial charge in [0.05, 0.1) is 16.8 Å². The average molecular weight is 345 g/mol. The molecule has 1 aromatic carbocycles. The first-order chi connectivity index (χ1) is 11.8. The number of pyridine rings is 1. The van der Waals surface area contributed by atoms with Crippen molar-refractivity contribution in [2.45, 2.75) is 51.3 Å². The molecular weight excluding hydrogens is 321 g/mol. The zero-order chi connectivity index (χ0) is 17.9. The Morgan fingerprint density at radius 2 is 2.12 bits per heavy atom. The topological polar surface area (TPSA) is 71.5 Å². The van der Waals surface area contributed by atoms with Crippen LogP contribution in [0.2, 0.25) is 0 Å². The standard InChI is InChI=1S/C19H24FN3O2/c1-11-17-14(12(9-21)7-16(24)23(17)13-3-4-13)8-15(20)18(11)22-6-5-19(2,25)10-22/h7-8,13,25H,3-6,9-10,21H2,1-2H3. The number of nitrogens with zero attached hydrogens (tertiary/aromatic N) is 2. The van der Waals surface area contributed by atoms with Crippen LogP contribution >= 0.6 is 0 Å². The molecule has 2 aliphatic rings. The van der Waals surface area contributed by atoms with E-state index in [1.165, 1.54) is 6.07 Å². The molecule has 1 aromatic heterocycles. The third-order valence-corrected chi connectivity index (χ3v) is 5.48. The average Bonchev–Trinajstić information content (AvgIpc) is 3.31. The Balaban J connectivity index is 2.00. The molecule has 3 N–H and O–H groups in total. The van der Waals surface area contributed by atoms with Crippen molar-refractivity contribution in [1.82, 2.24) is 4.57 Å². The maximum Gasteiger partial charge on any atom is 0.251 e. The Kier molecular flexibility index (Phi) is 3.67. The highest BCUT2D eigenvalue weighted by molar-refractivity contribution is 5.90. The Labute approximate surface area is 145 Å². The van der Waals surface area contributed by atoms with E-state index in [9.17, 15) is 14.3 Å². The first-order valence-corrected chi connectivity index (χ1v) is 8.87. The molecule has 2 fully saturated rings. The molecule has 5 nitrogen and oxygen atoms in total. The summed E-state index contributed by atoms with van der Waals surface area (Å²) < 4.78 is 16.8. The van der Waals surface area contributed by atoms with Gasteiger partial charge in [-0.25, -0.2) is 4.39 Å². The lowest BCUT2D eigenvalue weighted by Crippen LogP contribution is -2.31. The van der Waals surface area contributed by atoms with Gasteiger partial charge in [0.25, 0.3) is 5.56 Å². The molecule has 0 radical (unpaired) electrons. The fourth-order valence-electron chi connectivity index (χ4n) is 4.11. The lowest BCUT2D eigenvalue weighted by Gasteiger charge is -2.25. The maximum atomic E-state index is 15.0. The highest BCUT2D eigenvalue weighted by Gasteiger charge is 2.35. The molecular formula is C19H24FN3O2. The van der Waals surface area contributed by atoms with Crippen LogP contribution in [-0.2, 0) is 6.54 Å². The second kappa shape index (κ2) is 5.54. The van der Waals surface area contributed by atoms with E-state index >= 15 is 0 Å². The van der Waals surface area contributed by atoms with Crippen LogP contribution in [-0.4, -0.2) is 28.4 Å². The summed E-state index contributed by atoms with van der Waals surface area (Å²) in [4.78, 5) is 14.5. The highest BCUT2D eigenvalue weighted by atomic mass is 19.1. The van der Waals surface area contributed by atoms with Crippen LogP contribution in [0.4, 0.5) is 10.1 Å². The predicted octanol–water partition coefficient (Wildman–Crippen LogP) is 2.20. The third kappa shape index (κ3) is 2.64. The molecule has 0 spiro atoms. The fraction of sp³-hybridized carbons (Fsp3) is 0.526. The van der Waals surface area contributed by atoms with Crippen LogP contribution in [0.15, 0.2) is 16.9 Å². The molecule has 1 atom stereocenters. The van der Waals surface area contributed by atoms with Crippen molar-refractivity contribution < 1.29 is 9.50 Å². The number of aromatic nitrogens is 1. The van der Waals surface area contributed by atoms with E-state index in [1.807, 2.05) is 11.8 Å². The minimum Gasteiger partial charge on any atom is -0.388 e. The molecule has 1 saturated heterocycles. The lowest BCUT2D eigenvalue weighted by molar-refractivity contribution is 0.0839. The molecule has 134 valence electrons. The summed E-state index contributed by atoms with van der Waals surface area (Å²) in [6, 6.07) is 3.24. The molecule has 1 saturated carbocycles. The molecule has 0 amide bonds. The van der Waals surface area contributed by atoms with E-state index in [0.29, 0.717) is 30.8 Å². The molecule has 1 unspecified atom stereocenters. The molecule has 2 aromatic rings. The first kappa shape index (κ1) is 16.5. The summed E-state index contributed by atoms with van der Waals surface area (Å²) in [7, 11) is 0. The number of benzene rings is 1. The van der Waals surface area contributed by atoms with E-state index < -0.39 is 5.60 Å². The van der Waals surface area contributed by atoms with Crippen molar-refractivity contribution in [3.8, 4) is 0 Å². The van der Waals surface area contributed by atoms with Gasteiger partial charge in [-0.1, -0.05) is 0 Å². The minimum absolute atomic E-state index is 0.0653. The third-order valence-electron chi connectivity index (χ3n) is 5.48. The van der Waals surface area contributed by atoms with Crippen LogP contribution in [0.25, 0.3) is 10.9 Å². The van der Waals surface area contributed by atoms with Gasteiger partial charge in [0, 0.05) is 37.1 Å². The quantitative estimate of drug-likeness (QED) is 0.895. The molecule has 6 heteroatoms. The van der Waals surface area contributed by atoms with E-state index in [0.717, 1.165) is 29.3 Å². The van der Waals surface area contributed by atoms with Gasteiger partial charge in [-0.15, -0.1) is 0 Å². The Hall–Kier alpha value is -1.92. The van der Waals surface area contributed by atoms with Crippen LogP contribution < -0.4 is 16.2 Å². The van der Waals surface area contributed by atoms with Crippen LogP contribution in [0, 0.1) is 12.7 Å². The smallest absolute Gasteiger partial charge is 0.251 e. The molecule has 2 heterocycles. The predicted molar refractivity (Wildman–Crippen MR) is 96.5 cm³/mol. The van der Waals surface area contributed by atoms with Crippen LogP contribution in [0.5, 0.6) is 0 Å². The molecule has 1 aliphatic carbocycles. The number of aliphatic hydroxyl groups is 1. The van der Waals surface area contributed by atoms with Gasteiger partial charge in [-0.2, -0.15) is 0 Å². The van der Waals surface area contributed by atoms with Gasteiger partial charge in [0.2, 0.25) is 0 Å². The molecule has 25 heavy (non-hydrogen) atoms. The second-order valence-electron chi connectivity index (χ2n) is 7.71. The van der Waals surface area contributed by atoms with Crippen LogP contribution in [0.3, 0.4) is 0 Å². The van der Waals surface area contributed by atoms with Gasteiger partial charge < -0.3 is 20.3 Å². The number of aryl methyl sites for hydroxylation is 1. The normalized spacial score (nSPS) is 23.6. The van der Waals surface area contributed by atoms with Crippen molar-refractivity contribution >= 4 is 16.6 Å². The molecule has 1 aliphatic heterocycles. The number of nitrogens with two attached hydrogens (primary N) is 1. The van der Waals surface area contributed by atoms with Crippen molar-refractivity contribution in [3.05, 3.63) is 39.4 Å². The van der Waals surface area contributed by atoms with Crippen molar-refractivity contribution in [3.63, 3.8) is 0 Å². The summed E-state index contributed by atoms with van der Waals surface area (Å²) >= 11 is 0. The summed E-state index contributed by atoms with van der Waals surface area (Å²) in [6.45, 7) is 4.83. The van der Waals surface area contributed by atoms with E-state index in [2.05, 4.69) is 0 Å². The van der Waals surface area contributed by atoms with Gasteiger partial charge in [-0.05, 0) is 50.3 Å². The largest absolute Gasteiger partial charge is 0.388 e. The number of hydrogen-bond donors (Lipinski definition) is 2. The van der Waals surface area contributed by atoms with Crippen molar-refractivity contribution in [1.29, 1.82) is 0 Å². The van der Waals surface area contributed by atoms with Gasteiger partial charge in [0.1, 0.15) is 5.82 Å². The minimum atomic E-state index is -0.816. The van der Waals surface area contributed by atoms with Crippen molar-refractivity contribution in [2.75, 3.05) is 18.0 Å². The number of β-amino-alcohol motifs (C(OH)–C–C–N with tert-alkyl or cyclic N) is 1. The van der Waals surface area contributed by atoms with Crippen molar-refractivity contribution in [2.24, 2.45) is 5.73 Å². The fourth-order valence-corrected chi connectivity index (χ4v) is 4.11. The van der Waals surface area contributed by atoms with Crippen LogP contribution in [0.1, 0.15) is 43.4 Å². The zero-order valence-corrected chi connectivity index (χ0v) is 14.7. The summed E-state index contributed by atoms with van der Waals surface area (Å²) in [5, 5.41) is 11.0. The Morgan fingerprint density at radius 3 is 2.68 bits per heavy atom. The number of rotatable bonds is 3. The van der Waals surface area contributed by atoms with E-state index in [-0.39, 0.29) is 24.0 Å². The van der Waals surface area contributed by atoms with Gasteiger partial charge >= 0.3 is 0 Å². The number of anilines is 1. The van der Waals surface area contributed by atoms with E-state index in [4.69, 9.17) is 5.73 Å². The number of fused-ring (bicyclic) bond motifs is 1. The zero-order valence-electron chi connectivity index (χ0n) is 14.7. The maximum absolute atomic E-state index is 15.0. The van der Waals surface area contributed by atoms with E-state index in [1.54, 1.807) is 17.6 Å². The lowest BCUT2D eigenvalue weighted by atomic mass is 10.0.